The number of hydrogen-bond donors (Lipinski definition) is 4. The second-order valence-corrected chi connectivity index (χ2v) is 7.72. The lowest BCUT2D eigenvalue weighted by Crippen LogP contribution is -2.42. The van der Waals surface area contributed by atoms with Crippen LogP contribution in [0.15, 0.2) is 63.7 Å². The standard InChI is InChI=1S/C22H27BrN6O2.C2H6/c1-6-10-13(3)16(7-2)20(30)24-15(5)28-29-19(14(4)23)21(31)27-22-25-17-11-8-9-12-18(17)26-22;1-2/h6,8-12,15,28H,4,7H2,1-3,5H3,(H,24,30)(H2,25,26,27,31);1-2H3/b10-6-,16-13+,29-19+;. The fraction of sp³-hybridized carbons (Fsp3) is 0.333. The molecule has 0 fully saturated rings. The third-order valence-electron chi connectivity index (χ3n) is 4.33. The number of carbonyl (C=O) groups excluding carboxylic acids is 2. The van der Waals surface area contributed by atoms with Crippen molar-refractivity contribution in [3.8, 4) is 0 Å². The van der Waals surface area contributed by atoms with Crippen LogP contribution in [-0.2, 0) is 9.59 Å². The number of nitrogens with one attached hydrogen (secondary N) is 4. The van der Waals surface area contributed by atoms with Gasteiger partial charge in [-0.3, -0.25) is 20.3 Å². The minimum Gasteiger partial charge on any atom is -0.331 e. The predicted molar refractivity (Wildman–Crippen MR) is 140 cm³/mol. The van der Waals surface area contributed by atoms with E-state index in [-0.39, 0.29) is 16.1 Å². The van der Waals surface area contributed by atoms with Gasteiger partial charge >= 0.3 is 0 Å². The first kappa shape index (κ1) is 27.8. The first-order chi connectivity index (χ1) is 15.8. The quantitative estimate of drug-likeness (QED) is 0.121. The summed E-state index contributed by atoms with van der Waals surface area (Å²) >= 11 is 3.20. The van der Waals surface area contributed by atoms with Crippen LogP contribution in [0.2, 0.25) is 0 Å². The van der Waals surface area contributed by atoms with Crippen molar-refractivity contribution >= 4 is 50.4 Å². The minimum absolute atomic E-state index is 0.0258. The van der Waals surface area contributed by atoms with Gasteiger partial charge in [-0.2, -0.15) is 5.10 Å². The van der Waals surface area contributed by atoms with E-state index in [0.29, 0.717) is 17.9 Å². The van der Waals surface area contributed by atoms with E-state index >= 15 is 0 Å². The molecule has 0 aliphatic heterocycles. The highest BCUT2D eigenvalue weighted by Gasteiger charge is 2.17. The zero-order valence-electron chi connectivity index (χ0n) is 20.0. The third kappa shape index (κ3) is 8.34. The number of allylic oxidation sites excluding steroid dienone is 3. The van der Waals surface area contributed by atoms with Crippen molar-refractivity contribution in [3.63, 3.8) is 0 Å². The average molecular weight is 517 g/mol. The van der Waals surface area contributed by atoms with Crippen LogP contribution in [-0.4, -0.2) is 33.7 Å². The Morgan fingerprint density at radius 1 is 1.27 bits per heavy atom. The van der Waals surface area contributed by atoms with Gasteiger partial charge in [0.15, 0.2) is 5.71 Å². The smallest absolute Gasteiger partial charge is 0.279 e. The maximum absolute atomic E-state index is 12.6. The Bertz CT molecular complexity index is 1030. The highest BCUT2D eigenvalue weighted by molar-refractivity contribution is 9.12. The van der Waals surface area contributed by atoms with E-state index in [1.54, 1.807) is 6.92 Å². The Balaban J connectivity index is 0.00000265. The van der Waals surface area contributed by atoms with Gasteiger partial charge in [0.2, 0.25) is 11.9 Å². The fourth-order valence-corrected chi connectivity index (χ4v) is 3.13. The molecule has 0 aliphatic rings. The molecule has 2 rings (SSSR count). The van der Waals surface area contributed by atoms with E-state index in [1.165, 1.54) is 0 Å². The van der Waals surface area contributed by atoms with Crippen LogP contribution in [0.4, 0.5) is 5.95 Å². The lowest BCUT2D eigenvalue weighted by Gasteiger charge is -2.16. The van der Waals surface area contributed by atoms with Gasteiger partial charge in [-0.15, -0.1) is 0 Å². The maximum Gasteiger partial charge on any atom is 0.279 e. The Hall–Kier alpha value is -3.20. The lowest BCUT2D eigenvalue weighted by atomic mass is 10.1. The van der Waals surface area contributed by atoms with Crippen molar-refractivity contribution in [1.82, 2.24) is 20.7 Å². The molecule has 0 saturated carbocycles. The van der Waals surface area contributed by atoms with E-state index in [0.717, 1.165) is 16.6 Å². The molecule has 178 valence electrons. The number of fused-ring (bicyclic) bond motifs is 1. The van der Waals surface area contributed by atoms with E-state index in [2.05, 4.69) is 53.6 Å². The Morgan fingerprint density at radius 3 is 2.52 bits per heavy atom. The van der Waals surface area contributed by atoms with Crippen molar-refractivity contribution in [3.05, 3.63) is 58.6 Å². The first-order valence-electron chi connectivity index (χ1n) is 10.8. The molecule has 9 heteroatoms. The first-order valence-corrected chi connectivity index (χ1v) is 11.6. The number of carbonyl (C=O) groups is 2. The summed E-state index contributed by atoms with van der Waals surface area (Å²) < 4.78 is 0.283. The Kier molecular flexibility index (Phi) is 11.9. The largest absolute Gasteiger partial charge is 0.331 e. The molecule has 1 unspecified atom stereocenters. The zero-order valence-corrected chi connectivity index (χ0v) is 21.6. The van der Waals surface area contributed by atoms with Crippen LogP contribution in [0.5, 0.6) is 0 Å². The summed E-state index contributed by atoms with van der Waals surface area (Å²) in [6.45, 7) is 15.2. The number of hydrazone groups is 1. The van der Waals surface area contributed by atoms with Gasteiger partial charge in [-0.05, 0) is 60.8 Å². The van der Waals surface area contributed by atoms with Gasteiger partial charge in [0, 0.05) is 10.1 Å². The van der Waals surface area contributed by atoms with Gasteiger partial charge in [0.25, 0.3) is 5.91 Å². The second kappa shape index (κ2) is 14.1. The number of anilines is 1. The minimum atomic E-state index is -0.520. The summed E-state index contributed by atoms with van der Waals surface area (Å²) in [5.41, 5.74) is 5.92. The number of hydrogen-bond acceptors (Lipinski definition) is 5. The van der Waals surface area contributed by atoms with Crippen molar-refractivity contribution < 1.29 is 9.59 Å². The predicted octanol–water partition coefficient (Wildman–Crippen LogP) is 5.15. The number of benzene rings is 1. The van der Waals surface area contributed by atoms with Gasteiger partial charge in [-0.25, -0.2) is 4.98 Å². The number of aromatic nitrogens is 2. The number of para-hydroxylation sites is 2. The number of H-pyrrole nitrogens is 1. The van der Waals surface area contributed by atoms with Crippen LogP contribution in [0.3, 0.4) is 0 Å². The van der Waals surface area contributed by atoms with Crippen molar-refractivity contribution in [2.24, 2.45) is 5.10 Å². The topological polar surface area (TPSA) is 111 Å². The average Bonchev–Trinajstić information content (AvgIpc) is 3.17. The Morgan fingerprint density at radius 2 is 1.94 bits per heavy atom. The van der Waals surface area contributed by atoms with Crippen LogP contribution < -0.4 is 16.1 Å². The second-order valence-electron chi connectivity index (χ2n) is 6.76. The number of nitrogens with zero attached hydrogens (tertiary/aromatic N) is 2. The van der Waals surface area contributed by atoms with Crippen molar-refractivity contribution in [2.45, 2.75) is 54.1 Å². The molecular weight excluding hydrogens is 484 g/mol. The van der Waals surface area contributed by atoms with Gasteiger partial charge in [0.05, 0.1) is 11.0 Å². The van der Waals surface area contributed by atoms with Crippen LogP contribution in [0.25, 0.3) is 11.0 Å². The molecule has 4 N–H and O–H groups in total. The summed E-state index contributed by atoms with van der Waals surface area (Å²) in [7, 11) is 0. The van der Waals surface area contributed by atoms with Crippen LogP contribution >= 0.6 is 15.9 Å². The zero-order chi connectivity index (χ0) is 25.0. The summed E-state index contributed by atoms with van der Waals surface area (Å²) in [6.07, 6.45) is 3.86. The van der Waals surface area contributed by atoms with E-state index in [9.17, 15) is 9.59 Å². The lowest BCUT2D eigenvalue weighted by molar-refractivity contribution is -0.118. The molecule has 2 aromatic rings. The van der Waals surface area contributed by atoms with Gasteiger partial charge in [-0.1, -0.05) is 51.6 Å². The number of amides is 2. The number of halogens is 1. The molecule has 1 aromatic heterocycles. The molecule has 1 atom stereocenters. The number of imidazole rings is 1. The molecule has 0 bridgehead atoms. The van der Waals surface area contributed by atoms with Crippen molar-refractivity contribution in [2.75, 3.05) is 5.32 Å². The molecule has 0 spiro atoms. The van der Waals surface area contributed by atoms with Gasteiger partial charge in [0.1, 0.15) is 6.17 Å². The molecule has 33 heavy (non-hydrogen) atoms. The number of aromatic amines is 1. The van der Waals surface area contributed by atoms with E-state index in [1.807, 2.05) is 71.0 Å². The van der Waals surface area contributed by atoms with Crippen LogP contribution in [0, 0.1) is 0 Å². The molecule has 8 nitrogen and oxygen atoms in total. The molecule has 1 aromatic carbocycles. The molecular formula is C24H33BrN6O2. The summed E-state index contributed by atoms with van der Waals surface area (Å²) in [4.78, 5) is 32.5. The molecule has 0 aliphatic carbocycles. The SMILES string of the molecule is C=C(Br)/C(=N\NC(C)NC(=O)/C(CC)=C(C)/C=C\C)C(=O)Nc1nc2ccccc2[nH]1.CC. The molecule has 1 heterocycles. The molecule has 0 saturated heterocycles. The van der Waals surface area contributed by atoms with Gasteiger partial charge < -0.3 is 10.3 Å². The fourth-order valence-electron chi connectivity index (χ4n) is 2.86. The number of rotatable bonds is 9. The summed E-state index contributed by atoms with van der Waals surface area (Å²) in [5, 5.41) is 9.61. The highest BCUT2D eigenvalue weighted by atomic mass is 79.9. The van der Waals surface area contributed by atoms with Crippen molar-refractivity contribution in [1.29, 1.82) is 0 Å². The Labute approximate surface area is 203 Å². The highest BCUT2D eigenvalue weighted by Crippen LogP contribution is 2.14. The van der Waals surface area contributed by atoms with E-state index in [4.69, 9.17) is 0 Å². The molecule has 0 radical (unpaired) electrons. The third-order valence-corrected chi connectivity index (χ3v) is 4.71. The molecule has 2 amide bonds. The maximum atomic E-state index is 12.6. The summed E-state index contributed by atoms with van der Waals surface area (Å²) in [5.74, 6) is -0.407. The summed E-state index contributed by atoms with van der Waals surface area (Å²) in [6, 6.07) is 7.43. The van der Waals surface area contributed by atoms with Crippen LogP contribution in [0.1, 0.15) is 48.0 Å². The monoisotopic (exact) mass is 516 g/mol. The normalized spacial score (nSPS) is 13.0. The van der Waals surface area contributed by atoms with E-state index < -0.39 is 12.1 Å².